The molecule has 1 aromatic carbocycles. The van der Waals surface area contributed by atoms with Crippen LogP contribution in [-0.2, 0) is 0 Å². The van der Waals surface area contributed by atoms with Gasteiger partial charge in [0, 0.05) is 17.8 Å². The molecule has 0 fully saturated rings. The van der Waals surface area contributed by atoms with E-state index in [1.54, 1.807) is 6.21 Å². The third-order valence-electron chi connectivity index (χ3n) is 3.13. The predicted octanol–water partition coefficient (Wildman–Crippen LogP) is 4.93. The third-order valence-corrected chi connectivity index (χ3v) is 3.13. The Labute approximate surface area is 111 Å². The van der Waals surface area contributed by atoms with Crippen LogP contribution >= 0.6 is 0 Å². The maximum Gasteiger partial charge on any atom is 0.113 e. The molecule has 96 valence electrons. The molecule has 0 heterocycles. The van der Waals surface area contributed by atoms with Crippen molar-refractivity contribution in [3.8, 4) is 0 Å². The minimum atomic E-state index is 0.183. The Morgan fingerprint density at radius 1 is 1.17 bits per heavy atom. The first-order valence-corrected chi connectivity index (χ1v) is 6.61. The van der Waals surface area contributed by atoms with Crippen molar-refractivity contribution in [1.29, 1.82) is 0 Å². The zero-order valence-electron chi connectivity index (χ0n) is 11.8. The molecule has 18 heavy (non-hydrogen) atoms. The highest BCUT2D eigenvalue weighted by Crippen LogP contribution is 2.26. The van der Waals surface area contributed by atoms with Gasteiger partial charge in [0.2, 0.25) is 0 Å². The van der Waals surface area contributed by atoms with Crippen LogP contribution in [0.5, 0.6) is 0 Å². The Morgan fingerprint density at radius 2 is 1.78 bits per heavy atom. The summed E-state index contributed by atoms with van der Waals surface area (Å²) in [6.07, 6.45) is 7.24. The summed E-state index contributed by atoms with van der Waals surface area (Å²) >= 11 is 0. The molecule has 0 N–H and O–H groups in total. The number of hydrogen-bond donors (Lipinski definition) is 0. The largest absolute Gasteiger partial charge is 0.252 e. The van der Waals surface area contributed by atoms with Crippen molar-refractivity contribution in [2.45, 2.75) is 47.0 Å². The molecule has 2 nitrogen and oxygen atoms in total. The highest BCUT2D eigenvalue weighted by Gasteiger charge is 2.17. The van der Waals surface area contributed by atoms with E-state index in [1.807, 2.05) is 19.1 Å². The maximum absolute atomic E-state index is 4.51. The number of aliphatic imine (C=N–C) groups is 2. The standard InChI is InChI=1S/C16H22N2/c1-5-12-16(4,6-2)13-18-15-10-8-14(9-11-15)17-7-3/h7-8,10,13H,5-6,12H2,1-4H3. The fraction of sp³-hybridized carbons (Fsp3) is 0.500. The van der Waals surface area contributed by atoms with Crippen molar-refractivity contribution >= 4 is 23.8 Å². The van der Waals surface area contributed by atoms with Gasteiger partial charge < -0.3 is 0 Å². The third kappa shape index (κ3) is 4.33. The van der Waals surface area contributed by atoms with Gasteiger partial charge in [0.05, 0.1) is 0 Å². The van der Waals surface area contributed by atoms with Gasteiger partial charge in [0.25, 0.3) is 0 Å². The van der Waals surface area contributed by atoms with Gasteiger partial charge in [-0.1, -0.05) is 27.2 Å². The molecule has 0 saturated heterocycles. The zero-order valence-corrected chi connectivity index (χ0v) is 11.8. The van der Waals surface area contributed by atoms with Crippen LogP contribution in [0.15, 0.2) is 22.1 Å². The lowest BCUT2D eigenvalue weighted by Gasteiger charge is -2.22. The summed E-state index contributed by atoms with van der Waals surface area (Å²) in [5.74, 6) is 0. The first-order valence-electron chi connectivity index (χ1n) is 6.61. The summed E-state index contributed by atoms with van der Waals surface area (Å²) in [5, 5.41) is 0. The Hall–Kier alpha value is -1.62. The lowest BCUT2D eigenvalue weighted by atomic mass is 9.84. The van der Waals surface area contributed by atoms with Crippen LogP contribution < -0.4 is 0 Å². The Kier molecular flexibility index (Phi) is 5.58. The normalized spacial score (nSPS) is 14.9. The minimum Gasteiger partial charge on any atom is -0.252 e. The molecule has 0 aliphatic heterocycles. The number of rotatable bonds is 6. The van der Waals surface area contributed by atoms with Crippen LogP contribution in [0.3, 0.4) is 0 Å². The highest BCUT2D eigenvalue weighted by atomic mass is 14.7. The van der Waals surface area contributed by atoms with Crippen LogP contribution in [0.4, 0.5) is 11.4 Å². The Bertz CT molecular complexity index is 404. The van der Waals surface area contributed by atoms with Gasteiger partial charge in [-0.3, -0.25) is 9.98 Å². The average Bonchev–Trinajstić information content (AvgIpc) is 2.39. The fourth-order valence-electron chi connectivity index (χ4n) is 1.79. The van der Waals surface area contributed by atoms with Crippen molar-refractivity contribution in [3.63, 3.8) is 0 Å². The Balaban J connectivity index is 2.77. The van der Waals surface area contributed by atoms with Gasteiger partial charge in [0.15, 0.2) is 0 Å². The fourth-order valence-corrected chi connectivity index (χ4v) is 1.79. The second kappa shape index (κ2) is 6.96. The molecule has 0 aromatic heterocycles. The van der Waals surface area contributed by atoms with Crippen molar-refractivity contribution in [2.75, 3.05) is 0 Å². The lowest BCUT2D eigenvalue weighted by molar-refractivity contribution is 0.417. The van der Waals surface area contributed by atoms with Gasteiger partial charge >= 0.3 is 0 Å². The molecule has 0 aliphatic rings. The summed E-state index contributed by atoms with van der Waals surface area (Å²) in [6, 6.07) is 9.85. The summed E-state index contributed by atoms with van der Waals surface area (Å²) in [5.41, 5.74) is 1.80. The quantitative estimate of drug-likeness (QED) is 0.632. The average molecular weight is 242 g/mol. The molecule has 1 rings (SSSR count). The van der Waals surface area contributed by atoms with Crippen LogP contribution in [0.1, 0.15) is 47.0 Å². The summed E-state index contributed by atoms with van der Waals surface area (Å²) in [6.45, 7) is 8.55. The summed E-state index contributed by atoms with van der Waals surface area (Å²) < 4.78 is 0. The molecule has 1 atom stereocenters. The van der Waals surface area contributed by atoms with Crippen molar-refractivity contribution in [3.05, 3.63) is 24.3 Å². The smallest absolute Gasteiger partial charge is 0.113 e. The lowest BCUT2D eigenvalue weighted by Crippen LogP contribution is -2.16. The van der Waals surface area contributed by atoms with Gasteiger partial charge in [-0.25, -0.2) is 0 Å². The molecule has 0 saturated carbocycles. The van der Waals surface area contributed by atoms with E-state index in [0.717, 1.165) is 24.2 Å². The first-order chi connectivity index (χ1) is 8.63. The van der Waals surface area contributed by atoms with E-state index in [9.17, 15) is 0 Å². The number of hydrogen-bond acceptors (Lipinski definition) is 2. The van der Waals surface area contributed by atoms with Crippen molar-refractivity contribution < 1.29 is 0 Å². The van der Waals surface area contributed by atoms with Crippen molar-refractivity contribution in [2.24, 2.45) is 15.4 Å². The molecule has 0 radical (unpaired) electrons. The van der Waals surface area contributed by atoms with Crippen LogP contribution in [0.2, 0.25) is 0 Å². The predicted molar refractivity (Wildman–Crippen MR) is 79.4 cm³/mol. The van der Waals surface area contributed by atoms with E-state index < -0.39 is 0 Å². The van der Waals surface area contributed by atoms with Crippen LogP contribution in [0.25, 0.3) is 0 Å². The molecule has 1 unspecified atom stereocenters. The summed E-state index contributed by atoms with van der Waals surface area (Å²) in [4.78, 5) is 8.64. The molecule has 0 aliphatic carbocycles. The van der Waals surface area contributed by atoms with E-state index in [-0.39, 0.29) is 5.41 Å². The molecule has 0 amide bonds. The van der Waals surface area contributed by atoms with E-state index in [4.69, 9.17) is 0 Å². The van der Waals surface area contributed by atoms with Crippen molar-refractivity contribution in [1.82, 2.24) is 0 Å². The van der Waals surface area contributed by atoms with Gasteiger partial charge in [-0.15, -0.1) is 0 Å². The molecule has 2 heteroatoms. The monoisotopic (exact) mass is 242 g/mol. The molecule has 0 bridgehead atoms. The molecule has 0 spiro atoms. The Morgan fingerprint density at radius 3 is 2.22 bits per heavy atom. The highest BCUT2D eigenvalue weighted by molar-refractivity contribution is 5.69. The van der Waals surface area contributed by atoms with Gasteiger partial charge in [-0.2, -0.15) is 0 Å². The second-order valence-corrected chi connectivity index (χ2v) is 4.76. The molecular weight excluding hydrogens is 220 g/mol. The van der Waals surface area contributed by atoms with E-state index in [2.05, 4.69) is 49.1 Å². The van der Waals surface area contributed by atoms with E-state index in [1.165, 1.54) is 6.42 Å². The topological polar surface area (TPSA) is 24.7 Å². The maximum atomic E-state index is 4.51. The SMILES string of the molecule is CC=Nc1c#cc(N=CC(C)(CC)CCC)cc1. The van der Waals surface area contributed by atoms with E-state index in [0.29, 0.717) is 0 Å². The summed E-state index contributed by atoms with van der Waals surface area (Å²) in [7, 11) is 0. The zero-order chi connectivity index (χ0) is 13.4. The van der Waals surface area contributed by atoms with Crippen LogP contribution in [0, 0.1) is 17.5 Å². The molecular formula is C16H22N2. The molecule has 1 aromatic rings. The van der Waals surface area contributed by atoms with Crippen LogP contribution in [-0.4, -0.2) is 12.4 Å². The van der Waals surface area contributed by atoms with E-state index >= 15 is 0 Å². The minimum absolute atomic E-state index is 0.183. The van der Waals surface area contributed by atoms with Gasteiger partial charge in [0.1, 0.15) is 11.4 Å². The van der Waals surface area contributed by atoms with Gasteiger partial charge in [-0.05, 0) is 44.0 Å². The first kappa shape index (κ1) is 14.4. The second-order valence-electron chi connectivity index (χ2n) is 4.76. The number of nitrogens with zero attached hydrogens (tertiary/aromatic N) is 2.